The number of benzene rings is 2. The van der Waals surface area contributed by atoms with Crippen molar-refractivity contribution in [3.05, 3.63) is 78.0 Å². The number of aromatic nitrogens is 1. The molecular formula is C18H11F2NO. The molecule has 4 heteroatoms. The summed E-state index contributed by atoms with van der Waals surface area (Å²) in [5, 5.41) is 0. The maximum Gasteiger partial charge on any atom is 0.168 e. The quantitative estimate of drug-likeness (QED) is 0.666. The lowest BCUT2D eigenvalue weighted by molar-refractivity contribution is 0.111. The van der Waals surface area contributed by atoms with Crippen LogP contribution < -0.4 is 0 Å². The first kappa shape index (κ1) is 14.1. The Morgan fingerprint density at radius 1 is 0.727 bits per heavy atom. The van der Waals surface area contributed by atoms with Gasteiger partial charge < -0.3 is 0 Å². The van der Waals surface area contributed by atoms with Gasteiger partial charge >= 0.3 is 0 Å². The molecule has 0 unspecified atom stereocenters. The molecule has 0 aliphatic rings. The Hall–Kier alpha value is -2.88. The van der Waals surface area contributed by atoms with Gasteiger partial charge in [0.1, 0.15) is 17.3 Å². The smallest absolute Gasteiger partial charge is 0.168 e. The largest absolute Gasteiger partial charge is 0.296 e. The first-order valence-electron chi connectivity index (χ1n) is 6.65. The Balaban J connectivity index is 2.19. The average Bonchev–Trinajstić information content (AvgIpc) is 2.56. The summed E-state index contributed by atoms with van der Waals surface area (Å²) in [6.45, 7) is 0. The van der Waals surface area contributed by atoms with Crippen LogP contribution >= 0.6 is 0 Å². The van der Waals surface area contributed by atoms with Gasteiger partial charge in [0.2, 0.25) is 0 Å². The molecule has 0 saturated heterocycles. The van der Waals surface area contributed by atoms with Crippen molar-refractivity contribution >= 4 is 6.29 Å². The maximum absolute atomic E-state index is 13.1. The minimum atomic E-state index is -0.348. The third kappa shape index (κ3) is 2.76. The molecule has 0 radical (unpaired) electrons. The molecule has 0 bridgehead atoms. The van der Waals surface area contributed by atoms with Gasteiger partial charge in [-0.25, -0.2) is 13.8 Å². The van der Waals surface area contributed by atoms with Crippen LogP contribution in [-0.4, -0.2) is 11.3 Å². The van der Waals surface area contributed by atoms with E-state index in [1.807, 2.05) is 0 Å². The van der Waals surface area contributed by atoms with Gasteiger partial charge in [0, 0.05) is 11.1 Å². The molecule has 0 spiro atoms. The van der Waals surface area contributed by atoms with E-state index in [0.717, 1.165) is 11.1 Å². The average molecular weight is 295 g/mol. The Kier molecular flexibility index (Phi) is 3.74. The van der Waals surface area contributed by atoms with E-state index in [-0.39, 0.29) is 17.3 Å². The number of hydrogen-bond acceptors (Lipinski definition) is 2. The van der Waals surface area contributed by atoms with Crippen LogP contribution in [0.1, 0.15) is 10.5 Å². The van der Waals surface area contributed by atoms with Gasteiger partial charge in [-0.15, -0.1) is 0 Å². The van der Waals surface area contributed by atoms with Crippen LogP contribution in [0.25, 0.3) is 22.4 Å². The molecule has 0 amide bonds. The summed E-state index contributed by atoms with van der Waals surface area (Å²) in [4.78, 5) is 15.3. The van der Waals surface area contributed by atoms with E-state index in [2.05, 4.69) is 4.98 Å². The Labute approximate surface area is 126 Å². The maximum atomic E-state index is 13.1. The zero-order valence-corrected chi connectivity index (χ0v) is 11.5. The third-order valence-corrected chi connectivity index (χ3v) is 3.31. The highest BCUT2D eigenvalue weighted by Crippen LogP contribution is 2.30. The number of carbonyl (C=O) groups is 1. The van der Waals surface area contributed by atoms with Crippen molar-refractivity contribution in [2.75, 3.05) is 0 Å². The molecule has 0 atom stereocenters. The monoisotopic (exact) mass is 295 g/mol. The molecule has 2 nitrogen and oxygen atoms in total. The molecular weight excluding hydrogens is 284 g/mol. The number of aldehydes is 1. The number of carbonyl (C=O) groups excluding carboxylic acids is 1. The highest BCUT2D eigenvalue weighted by atomic mass is 19.1. The molecule has 0 fully saturated rings. The van der Waals surface area contributed by atoms with Gasteiger partial charge in [-0.2, -0.15) is 0 Å². The van der Waals surface area contributed by atoms with Crippen molar-refractivity contribution in [2.45, 2.75) is 0 Å². The molecule has 22 heavy (non-hydrogen) atoms. The normalized spacial score (nSPS) is 10.5. The standard InChI is InChI=1S/C18H11F2NO/c19-14-5-1-12(2-6-14)17-10-9-16(11-22)21-18(17)13-3-7-15(20)8-4-13/h1-11H. The van der Waals surface area contributed by atoms with E-state index >= 15 is 0 Å². The predicted molar refractivity (Wildman–Crippen MR) is 80.4 cm³/mol. The Morgan fingerprint density at radius 2 is 1.27 bits per heavy atom. The molecule has 1 heterocycles. The lowest BCUT2D eigenvalue weighted by Gasteiger charge is -2.10. The second-order valence-electron chi connectivity index (χ2n) is 4.76. The van der Waals surface area contributed by atoms with Crippen molar-refractivity contribution < 1.29 is 13.6 Å². The summed E-state index contributed by atoms with van der Waals surface area (Å²) in [5.41, 5.74) is 3.04. The van der Waals surface area contributed by atoms with E-state index < -0.39 is 0 Å². The zero-order valence-electron chi connectivity index (χ0n) is 11.5. The Morgan fingerprint density at radius 3 is 1.82 bits per heavy atom. The Bertz CT molecular complexity index is 811. The SMILES string of the molecule is O=Cc1ccc(-c2ccc(F)cc2)c(-c2ccc(F)cc2)n1. The second kappa shape index (κ2) is 5.85. The van der Waals surface area contributed by atoms with Crippen LogP contribution in [0, 0.1) is 11.6 Å². The minimum absolute atomic E-state index is 0.283. The van der Waals surface area contributed by atoms with Gasteiger partial charge in [-0.1, -0.05) is 12.1 Å². The molecule has 108 valence electrons. The summed E-state index contributed by atoms with van der Waals surface area (Å²) in [7, 11) is 0. The van der Waals surface area contributed by atoms with Crippen molar-refractivity contribution in [2.24, 2.45) is 0 Å². The third-order valence-electron chi connectivity index (χ3n) is 3.31. The minimum Gasteiger partial charge on any atom is -0.296 e. The zero-order chi connectivity index (χ0) is 15.5. The summed E-state index contributed by atoms with van der Waals surface area (Å²) in [6, 6.07) is 15.2. The van der Waals surface area contributed by atoms with Gasteiger partial charge in [-0.05, 0) is 54.1 Å². The van der Waals surface area contributed by atoms with Crippen LogP contribution in [-0.2, 0) is 0 Å². The predicted octanol–water partition coefficient (Wildman–Crippen LogP) is 4.51. The fourth-order valence-electron chi connectivity index (χ4n) is 2.23. The summed E-state index contributed by atoms with van der Waals surface area (Å²) < 4.78 is 26.2. The van der Waals surface area contributed by atoms with E-state index in [9.17, 15) is 13.6 Å². The van der Waals surface area contributed by atoms with Crippen LogP contribution in [0.15, 0.2) is 60.7 Å². The molecule has 0 aliphatic heterocycles. The molecule has 0 N–H and O–H groups in total. The van der Waals surface area contributed by atoms with E-state index in [1.54, 1.807) is 36.4 Å². The molecule has 0 aliphatic carbocycles. The number of hydrogen-bond donors (Lipinski definition) is 0. The highest BCUT2D eigenvalue weighted by molar-refractivity contribution is 5.83. The fourth-order valence-corrected chi connectivity index (χ4v) is 2.23. The first-order valence-corrected chi connectivity index (χ1v) is 6.65. The van der Waals surface area contributed by atoms with E-state index in [0.29, 0.717) is 17.5 Å². The fraction of sp³-hybridized carbons (Fsp3) is 0. The lowest BCUT2D eigenvalue weighted by Crippen LogP contribution is -1.94. The molecule has 0 saturated carbocycles. The number of rotatable bonds is 3. The van der Waals surface area contributed by atoms with Crippen LogP contribution in [0.5, 0.6) is 0 Å². The number of pyridine rings is 1. The van der Waals surface area contributed by atoms with Gasteiger partial charge in [0.15, 0.2) is 6.29 Å². The highest BCUT2D eigenvalue weighted by Gasteiger charge is 2.11. The van der Waals surface area contributed by atoms with Gasteiger partial charge in [-0.3, -0.25) is 4.79 Å². The molecule has 3 aromatic rings. The molecule has 3 rings (SSSR count). The lowest BCUT2D eigenvalue weighted by atomic mass is 9.99. The van der Waals surface area contributed by atoms with E-state index in [1.165, 1.54) is 24.3 Å². The van der Waals surface area contributed by atoms with Crippen LogP contribution in [0.2, 0.25) is 0 Å². The molecule has 1 aromatic heterocycles. The van der Waals surface area contributed by atoms with Crippen molar-refractivity contribution in [3.63, 3.8) is 0 Å². The van der Waals surface area contributed by atoms with Crippen molar-refractivity contribution in [3.8, 4) is 22.4 Å². The second-order valence-corrected chi connectivity index (χ2v) is 4.76. The summed E-state index contributed by atoms with van der Waals surface area (Å²) in [6.07, 6.45) is 0.654. The van der Waals surface area contributed by atoms with Crippen LogP contribution in [0.4, 0.5) is 8.78 Å². The summed E-state index contributed by atoms with van der Waals surface area (Å²) >= 11 is 0. The molecule has 2 aromatic carbocycles. The van der Waals surface area contributed by atoms with Crippen LogP contribution in [0.3, 0.4) is 0 Å². The van der Waals surface area contributed by atoms with Crippen molar-refractivity contribution in [1.29, 1.82) is 0 Å². The number of nitrogens with zero attached hydrogens (tertiary/aromatic N) is 1. The topological polar surface area (TPSA) is 30.0 Å². The summed E-state index contributed by atoms with van der Waals surface area (Å²) in [5.74, 6) is -0.678. The van der Waals surface area contributed by atoms with Crippen molar-refractivity contribution in [1.82, 2.24) is 4.98 Å². The van der Waals surface area contributed by atoms with Gasteiger partial charge in [0.05, 0.1) is 5.69 Å². The van der Waals surface area contributed by atoms with E-state index in [4.69, 9.17) is 0 Å². The number of halogens is 2. The van der Waals surface area contributed by atoms with Gasteiger partial charge in [0.25, 0.3) is 0 Å². The first-order chi connectivity index (χ1) is 10.7.